The molecule has 0 saturated carbocycles. The third-order valence-electron chi connectivity index (χ3n) is 5.08. The Morgan fingerprint density at radius 1 is 1.23 bits per heavy atom. The average Bonchev–Trinajstić information content (AvgIpc) is 3.00. The molecule has 9 nitrogen and oxygen atoms in total. The van der Waals surface area contributed by atoms with Gasteiger partial charge in [-0.2, -0.15) is 0 Å². The number of hydrogen-bond acceptors (Lipinski definition) is 7. The number of nitrogens with one attached hydrogen (secondary N) is 1. The Labute approximate surface area is 176 Å². The molecule has 0 amide bonds. The number of esters is 1. The molecule has 0 spiro atoms. The number of aryl methyl sites for hydroxylation is 1. The molecule has 1 N–H and O–H groups in total. The van der Waals surface area contributed by atoms with Crippen LogP contribution in [0, 0.1) is 18.3 Å². The first-order valence-electron chi connectivity index (χ1n) is 10.2. The van der Waals surface area contributed by atoms with Crippen molar-refractivity contribution in [2.24, 2.45) is 11.3 Å². The van der Waals surface area contributed by atoms with Crippen molar-refractivity contribution in [1.82, 2.24) is 9.55 Å². The van der Waals surface area contributed by atoms with Crippen molar-refractivity contribution in [1.29, 1.82) is 0 Å². The second-order valence-corrected chi connectivity index (χ2v) is 9.18. The first-order valence-corrected chi connectivity index (χ1v) is 10.2. The Kier molecular flexibility index (Phi) is 7.65. The number of aromatic nitrogens is 2. The Bertz CT molecular complexity index is 852. The molecule has 0 radical (unpaired) electrons. The zero-order chi connectivity index (χ0) is 22.8. The minimum Gasteiger partial charge on any atom is -0.456 e. The van der Waals surface area contributed by atoms with E-state index >= 15 is 0 Å². The summed E-state index contributed by atoms with van der Waals surface area (Å²) in [6, 6.07) is 0. The summed E-state index contributed by atoms with van der Waals surface area (Å²) in [5.74, 6) is -0.404. The van der Waals surface area contributed by atoms with Crippen molar-refractivity contribution >= 4 is 5.97 Å². The highest BCUT2D eigenvalue weighted by atomic mass is 16.6. The quantitative estimate of drug-likeness (QED) is 0.662. The van der Waals surface area contributed by atoms with E-state index in [9.17, 15) is 14.4 Å². The van der Waals surface area contributed by atoms with Gasteiger partial charge in [-0.05, 0) is 40.5 Å². The van der Waals surface area contributed by atoms with Crippen molar-refractivity contribution in [2.75, 3.05) is 13.7 Å². The molecule has 1 aliphatic heterocycles. The fourth-order valence-corrected chi connectivity index (χ4v) is 3.13. The van der Waals surface area contributed by atoms with Crippen LogP contribution in [0.5, 0.6) is 0 Å². The van der Waals surface area contributed by atoms with Gasteiger partial charge in [-0.25, -0.2) is 4.79 Å². The van der Waals surface area contributed by atoms with Gasteiger partial charge in [0.25, 0.3) is 5.56 Å². The van der Waals surface area contributed by atoms with E-state index in [-0.39, 0.29) is 24.6 Å². The summed E-state index contributed by atoms with van der Waals surface area (Å²) in [5.41, 5.74) is -1.43. The van der Waals surface area contributed by atoms with Gasteiger partial charge < -0.3 is 18.9 Å². The van der Waals surface area contributed by atoms with E-state index in [1.807, 2.05) is 20.8 Å². The number of carbonyl (C=O) groups excluding carboxylic acids is 1. The van der Waals surface area contributed by atoms with Gasteiger partial charge in [0.2, 0.25) is 0 Å². The van der Waals surface area contributed by atoms with Crippen LogP contribution in [0.3, 0.4) is 0 Å². The molecule has 0 bridgehead atoms. The van der Waals surface area contributed by atoms with E-state index in [0.717, 1.165) is 0 Å². The molecular weight excluding hydrogens is 392 g/mol. The number of methoxy groups -OCH3 is 1. The van der Waals surface area contributed by atoms with Gasteiger partial charge >= 0.3 is 11.7 Å². The van der Waals surface area contributed by atoms with Gasteiger partial charge in [0.05, 0.1) is 18.1 Å². The van der Waals surface area contributed by atoms with Gasteiger partial charge in [0.15, 0.2) is 12.3 Å². The minimum atomic E-state index is -0.873. The normalized spacial score (nSPS) is 25.5. The van der Waals surface area contributed by atoms with Crippen molar-refractivity contribution < 1.29 is 23.7 Å². The second-order valence-electron chi connectivity index (χ2n) is 9.18. The van der Waals surface area contributed by atoms with Gasteiger partial charge in [-0.3, -0.25) is 19.1 Å². The van der Waals surface area contributed by atoms with Crippen LogP contribution >= 0.6 is 0 Å². The standard InChI is InChI=1S/C21H34N2O7/c1-11(2)14-15(30-19(25)21(5,6)7)16(28-10-13(4)27-8)18(29-14)23-9-12(3)17(24)22-20(23)26/h9,11,13-16,18H,10H2,1-8H3,(H,22,24,26)/t13-,14+,15-,16?,18+/m0/s1. The predicted molar refractivity (Wildman–Crippen MR) is 110 cm³/mol. The number of hydrogen-bond donors (Lipinski definition) is 1. The summed E-state index contributed by atoms with van der Waals surface area (Å²) >= 11 is 0. The number of rotatable bonds is 7. The third kappa shape index (κ3) is 5.39. The van der Waals surface area contributed by atoms with Crippen LogP contribution in [-0.2, 0) is 23.7 Å². The van der Waals surface area contributed by atoms with Gasteiger partial charge in [0, 0.05) is 18.9 Å². The van der Waals surface area contributed by atoms with Crippen molar-refractivity contribution in [3.05, 3.63) is 32.6 Å². The highest BCUT2D eigenvalue weighted by Crippen LogP contribution is 2.37. The van der Waals surface area contributed by atoms with Gasteiger partial charge in [-0.1, -0.05) is 13.8 Å². The first kappa shape index (κ1) is 24.3. The molecule has 170 valence electrons. The van der Waals surface area contributed by atoms with Gasteiger partial charge in [0.1, 0.15) is 12.2 Å². The van der Waals surface area contributed by atoms with Crippen molar-refractivity contribution in [2.45, 2.75) is 79.1 Å². The number of aromatic amines is 1. The fraction of sp³-hybridized carbons (Fsp3) is 0.762. The Morgan fingerprint density at radius 2 is 1.87 bits per heavy atom. The average molecular weight is 427 g/mol. The molecule has 9 heteroatoms. The SMILES string of the molecule is CO[C@@H](C)COC1[C@@H](OC(=O)C(C)(C)C)[C@@H](C(C)C)O[C@H]1n1cc(C)c(=O)[nH]c1=O. The Balaban J connectivity index is 2.49. The van der Waals surface area contributed by atoms with E-state index in [1.165, 1.54) is 10.8 Å². The number of nitrogens with zero attached hydrogens (tertiary/aromatic N) is 1. The molecule has 0 aromatic carbocycles. The summed E-state index contributed by atoms with van der Waals surface area (Å²) in [7, 11) is 1.57. The molecule has 2 rings (SSSR count). The lowest BCUT2D eigenvalue weighted by Crippen LogP contribution is -2.44. The lowest BCUT2D eigenvalue weighted by Gasteiger charge is -2.29. The zero-order valence-corrected chi connectivity index (χ0v) is 19.1. The Hall–Kier alpha value is -1.97. The number of carbonyl (C=O) groups is 1. The monoisotopic (exact) mass is 426 g/mol. The van der Waals surface area contributed by atoms with E-state index in [4.69, 9.17) is 18.9 Å². The maximum Gasteiger partial charge on any atom is 0.330 e. The molecule has 1 saturated heterocycles. The summed E-state index contributed by atoms with van der Waals surface area (Å²) in [6.45, 7) is 12.9. The molecule has 1 fully saturated rings. The van der Waals surface area contributed by atoms with Crippen LogP contribution in [0.4, 0.5) is 0 Å². The summed E-state index contributed by atoms with van der Waals surface area (Å²) in [5, 5.41) is 0. The molecule has 2 heterocycles. The topological polar surface area (TPSA) is 109 Å². The fourth-order valence-electron chi connectivity index (χ4n) is 3.13. The van der Waals surface area contributed by atoms with Crippen LogP contribution < -0.4 is 11.2 Å². The predicted octanol–water partition coefficient (Wildman–Crippen LogP) is 1.78. The first-order chi connectivity index (χ1) is 13.9. The highest BCUT2D eigenvalue weighted by molar-refractivity contribution is 5.75. The highest BCUT2D eigenvalue weighted by Gasteiger charge is 2.51. The second kappa shape index (κ2) is 9.45. The van der Waals surface area contributed by atoms with Crippen molar-refractivity contribution in [3.63, 3.8) is 0 Å². The molecular formula is C21H34N2O7. The molecule has 1 aromatic heterocycles. The molecule has 30 heavy (non-hydrogen) atoms. The van der Waals surface area contributed by atoms with Crippen LogP contribution in [-0.4, -0.2) is 53.7 Å². The Morgan fingerprint density at radius 3 is 2.40 bits per heavy atom. The van der Waals surface area contributed by atoms with Crippen LogP contribution in [0.25, 0.3) is 0 Å². The van der Waals surface area contributed by atoms with Crippen LogP contribution in [0.2, 0.25) is 0 Å². The van der Waals surface area contributed by atoms with E-state index in [2.05, 4.69) is 4.98 Å². The maximum absolute atomic E-state index is 12.7. The molecule has 1 aromatic rings. The van der Waals surface area contributed by atoms with Crippen LogP contribution in [0.15, 0.2) is 15.8 Å². The maximum atomic E-state index is 12.7. The van der Waals surface area contributed by atoms with E-state index in [1.54, 1.807) is 34.8 Å². The molecule has 0 aliphatic carbocycles. The van der Waals surface area contributed by atoms with Crippen molar-refractivity contribution in [3.8, 4) is 0 Å². The number of H-pyrrole nitrogens is 1. The minimum absolute atomic E-state index is 0.0155. The largest absolute Gasteiger partial charge is 0.456 e. The molecule has 1 unspecified atom stereocenters. The third-order valence-corrected chi connectivity index (χ3v) is 5.08. The van der Waals surface area contributed by atoms with E-state index in [0.29, 0.717) is 5.56 Å². The number of ether oxygens (including phenoxy) is 4. The molecule has 1 aliphatic rings. The van der Waals surface area contributed by atoms with Crippen LogP contribution in [0.1, 0.15) is 53.3 Å². The zero-order valence-electron chi connectivity index (χ0n) is 19.1. The molecule has 5 atom stereocenters. The summed E-state index contributed by atoms with van der Waals surface area (Å²) in [4.78, 5) is 39.3. The summed E-state index contributed by atoms with van der Waals surface area (Å²) in [6.07, 6.45) is -1.63. The summed E-state index contributed by atoms with van der Waals surface area (Å²) < 4.78 is 24.7. The lowest BCUT2D eigenvalue weighted by molar-refractivity contribution is -0.169. The van der Waals surface area contributed by atoms with E-state index < -0.39 is 41.2 Å². The smallest absolute Gasteiger partial charge is 0.330 e. The van der Waals surface area contributed by atoms with Gasteiger partial charge in [-0.15, -0.1) is 0 Å². The lowest BCUT2D eigenvalue weighted by atomic mass is 9.95.